The zero-order valence-electron chi connectivity index (χ0n) is 11.2. The van der Waals surface area contributed by atoms with Crippen molar-refractivity contribution in [3.8, 4) is 5.75 Å². The van der Waals surface area contributed by atoms with Gasteiger partial charge in [0.2, 0.25) is 11.8 Å². The van der Waals surface area contributed by atoms with Crippen molar-refractivity contribution in [1.29, 1.82) is 0 Å². The molecule has 9 heteroatoms. The number of fused-ring (bicyclic) bond motifs is 1. The molecule has 114 valence electrons. The first-order chi connectivity index (χ1) is 9.62. The molecule has 1 heterocycles. The molecule has 0 aliphatic carbocycles. The molecule has 0 saturated heterocycles. The van der Waals surface area contributed by atoms with E-state index in [2.05, 4.69) is 15.6 Å². The van der Waals surface area contributed by atoms with Crippen molar-refractivity contribution in [2.75, 3.05) is 25.5 Å². The number of nitrogens with two attached hydrogens (primary N) is 1. The summed E-state index contributed by atoms with van der Waals surface area (Å²) in [6.45, 7) is -0.274. The van der Waals surface area contributed by atoms with E-state index < -0.39 is 0 Å². The zero-order valence-corrected chi connectivity index (χ0v) is 12.8. The van der Waals surface area contributed by atoms with Gasteiger partial charge in [-0.1, -0.05) is 11.3 Å². The molecule has 0 fully saturated rings. The summed E-state index contributed by atoms with van der Waals surface area (Å²) >= 11 is 1.33. The lowest BCUT2D eigenvalue weighted by Gasteiger charge is -2.02. The number of carbonyl (C=O) groups is 2. The fraction of sp³-hybridized carbons (Fsp3) is 0.250. The highest BCUT2D eigenvalue weighted by Gasteiger charge is 2.09. The second-order valence-corrected chi connectivity index (χ2v) is 4.91. The van der Waals surface area contributed by atoms with Gasteiger partial charge in [-0.05, 0) is 18.2 Å². The first kappa shape index (κ1) is 17.2. The average Bonchev–Trinajstić information content (AvgIpc) is 2.85. The van der Waals surface area contributed by atoms with E-state index in [1.165, 1.54) is 11.3 Å². The number of ether oxygens (including phenoxy) is 1. The van der Waals surface area contributed by atoms with Gasteiger partial charge in [0.15, 0.2) is 5.13 Å². The Bertz CT molecular complexity index is 646. The van der Waals surface area contributed by atoms with Crippen LogP contribution in [0.1, 0.15) is 0 Å². The second-order valence-electron chi connectivity index (χ2n) is 3.88. The topological polar surface area (TPSA) is 106 Å². The summed E-state index contributed by atoms with van der Waals surface area (Å²) in [5.74, 6) is 0.00115. The Morgan fingerprint density at radius 3 is 2.81 bits per heavy atom. The second kappa shape index (κ2) is 7.77. The van der Waals surface area contributed by atoms with E-state index in [0.717, 1.165) is 16.0 Å². The number of nitrogens with zero attached hydrogens (tertiary/aromatic N) is 1. The van der Waals surface area contributed by atoms with Crippen molar-refractivity contribution in [3.63, 3.8) is 0 Å². The van der Waals surface area contributed by atoms with Crippen molar-refractivity contribution in [1.82, 2.24) is 10.3 Å². The third-order valence-corrected chi connectivity index (χ3v) is 3.41. The summed E-state index contributed by atoms with van der Waals surface area (Å²) in [6.07, 6.45) is 0. The number of nitrogens with one attached hydrogen (secondary N) is 2. The fourth-order valence-corrected chi connectivity index (χ4v) is 2.41. The molecule has 21 heavy (non-hydrogen) atoms. The van der Waals surface area contributed by atoms with E-state index in [-0.39, 0.29) is 37.3 Å². The number of rotatable bonds is 5. The van der Waals surface area contributed by atoms with Crippen LogP contribution in [0.4, 0.5) is 5.13 Å². The van der Waals surface area contributed by atoms with Crippen molar-refractivity contribution in [2.45, 2.75) is 0 Å². The largest absolute Gasteiger partial charge is 0.497 e. The molecule has 0 radical (unpaired) electrons. The standard InChI is InChI=1S/C12H14N4O3S.ClH/c1-19-7-2-3-8-9(4-7)20-12(15-8)16-11(18)6-14-10(17)5-13;/h2-4H,5-6,13H2,1H3,(H,14,17)(H,15,16,18);1H. The van der Waals surface area contributed by atoms with Gasteiger partial charge in [-0.15, -0.1) is 12.4 Å². The number of hydrogen-bond acceptors (Lipinski definition) is 6. The third-order valence-electron chi connectivity index (χ3n) is 2.47. The van der Waals surface area contributed by atoms with Crippen molar-refractivity contribution >= 4 is 50.9 Å². The summed E-state index contributed by atoms with van der Waals surface area (Å²) < 4.78 is 6.03. The van der Waals surface area contributed by atoms with Gasteiger partial charge < -0.3 is 21.1 Å². The van der Waals surface area contributed by atoms with Crippen LogP contribution < -0.4 is 21.1 Å². The number of benzene rings is 1. The molecule has 4 N–H and O–H groups in total. The highest BCUT2D eigenvalue weighted by molar-refractivity contribution is 7.22. The normalized spacial score (nSPS) is 9.81. The lowest BCUT2D eigenvalue weighted by atomic mass is 10.3. The molecule has 2 amide bonds. The summed E-state index contributed by atoms with van der Waals surface area (Å²) in [6, 6.07) is 5.46. The van der Waals surface area contributed by atoms with E-state index >= 15 is 0 Å². The van der Waals surface area contributed by atoms with Crippen LogP contribution in [0.2, 0.25) is 0 Å². The number of thiazole rings is 1. The first-order valence-corrected chi connectivity index (χ1v) is 6.65. The van der Waals surface area contributed by atoms with Crippen LogP contribution in [0.3, 0.4) is 0 Å². The Morgan fingerprint density at radius 2 is 2.14 bits per heavy atom. The maximum absolute atomic E-state index is 11.6. The Hall–Kier alpha value is -1.90. The van der Waals surface area contributed by atoms with Crippen LogP contribution in [-0.2, 0) is 9.59 Å². The highest BCUT2D eigenvalue weighted by atomic mass is 35.5. The van der Waals surface area contributed by atoms with Gasteiger partial charge in [0.05, 0.1) is 30.4 Å². The van der Waals surface area contributed by atoms with Crippen LogP contribution in [0, 0.1) is 0 Å². The quantitative estimate of drug-likeness (QED) is 0.749. The molecule has 0 aliphatic heterocycles. The molecule has 0 saturated carbocycles. The molecule has 0 spiro atoms. The Morgan fingerprint density at radius 1 is 1.38 bits per heavy atom. The van der Waals surface area contributed by atoms with E-state index in [4.69, 9.17) is 10.5 Å². The van der Waals surface area contributed by atoms with Gasteiger partial charge in [0.25, 0.3) is 0 Å². The Kier molecular flexibility index (Phi) is 6.35. The monoisotopic (exact) mass is 330 g/mol. The van der Waals surface area contributed by atoms with Crippen LogP contribution >= 0.6 is 23.7 Å². The minimum atomic E-state index is -0.380. The van der Waals surface area contributed by atoms with Crippen molar-refractivity contribution in [2.24, 2.45) is 5.73 Å². The molecular weight excluding hydrogens is 316 g/mol. The number of aromatic nitrogens is 1. The summed E-state index contributed by atoms with van der Waals surface area (Å²) in [7, 11) is 1.59. The number of amides is 2. The minimum Gasteiger partial charge on any atom is -0.497 e. The number of hydrogen-bond donors (Lipinski definition) is 3. The molecule has 1 aromatic carbocycles. The first-order valence-electron chi connectivity index (χ1n) is 5.83. The SMILES string of the molecule is COc1ccc2nc(NC(=O)CNC(=O)CN)sc2c1.Cl. The van der Waals surface area contributed by atoms with Crippen LogP contribution in [0.25, 0.3) is 10.2 Å². The van der Waals surface area contributed by atoms with Gasteiger partial charge in [0, 0.05) is 0 Å². The van der Waals surface area contributed by atoms with Crippen molar-refractivity contribution < 1.29 is 14.3 Å². The van der Waals surface area contributed by atoms with Crippen LogP contribution in [0.15, 0.2) is 18.2 Å². The number of anilines is 1. The lowest BCUT2D eigenvalue weighted by molar-refractivity contribution is -0.123. The molecule has 0 unspecified atom stereocenters. The maximum atomic E-state index is 11.6. The van der Waals surface area contributed by atoms with E-state index in [9.17, 15) is 9.59 Å². The number of halogens is 1. The molecule has 0 bridgehead atoms. The van der Waals surface area contributed by atoms with Crippen LogP contribution in [0.5, 0.6) is 5.75 Å². The molecule has 7 nitrogen and oxygen atoms in total. The van der Waals surface area contributed by atoms with E-state index in [0.29, 0.717) is 5.13 Å². The maximum Gasteiger partial charge on any atom is 0.245 e. The molecular formula is C12H15ClN4O3S. The van der Waals surface area contributed by atoms with Gasteiger partial charge in [-0.3, -0.25) is 9.59 Å². The fourth-order valence-electron chi connectivity index (χ4n) is 1.50. The molecule has 0 atom stereocenters. The highest BCUT2D eigenvalue weighted by Crippen LogP contribution is 2.28. The predicted molar refractivity (Wildman–Crippen MR) is 84.1 cm³/mol. The zero-order chi connectivity index (χ0) is 14.5. The summed E-state index contributed by atoms with van der Waals surface area (Å²) in [5.41, 5.74) is 5.90. The van der Waals surface area contributed by atoms with Crippen molar-refractivity contribution in [3.05, 3.63) is 18.2 Å². The molecule has 2 aromatic rings. The molecule has 0 aliphatic rings. The lowest BCUT2D eigenvalue weighted by Crippen LogP contribution is -2.36. The number of methoxy groups -OCH3 is 1. The average molecular weight is 331 g/mol. The van der Waals surface area contributed by atoms with Gasteiger partial charge in [-0.2, -0.15) is 0 Å². The summed E-state index contributed by atoms with van der Waals surface area (Å²) in [4.78, 5) is 26.8. The summed E-state index contributed by atoms with van der Waals surface area (Å²) in [5, 5.41) is 5.48. The predicted octanol–water partition coefficient (Wildman–Crippen LogP) is 0.740. The van der Waals surface area contributed by atoms with Gasteiger partial charge in [0.1, 0.15) is 5.75 Å². The van der Waals surface area contributed by atoms with Crippen LogP contribution in [-0.4, -0.2) is 37.0 Å². The van der Waals surface area contributed by atoms with E-state index in [1.54, 1.807) is 13.2 Å². The molecule has 1 aromatic heterocycles. The number of carbonyl (C=O) groups excluding carboxylic acids is 2. The Balaban J connectivity index is 0.00000220. The minimum absolute atomic E-state index is 0. The smallest absolute Gasteiger partial charge is 0.245 e. The van der Waals surface area contributed by atoms with Gasteiger partial charge >= 0.3 is 0 Å². The van der Waals surface area contributed by atoms with E-state index in [1.807, 2.05) is 12.1 Å². The van der Waals surface area contributed by atoms with Gasteiger partial charge in [-0.25, -0.2) is 4.98 Å². The molecule has 2 rings (SSSR count). The third kappa shape index (κ3) is 4.55. The Labute approximate surface area is 131 Å².